The third-order valence-electron chi connectivity index (χ3n) is 6.71. The number of likely N-dealkylation sites (tertiary alicyclic amines) is 1. The highest BCUT2D eigenvalue weighted by Gasteiger charge is 2.39. The molecule has 0 bridgehead atoms. The van der Waals surface area contributed by atoms with Gasteiger partial charge in [-0.2, -0.15) is 18.3 Å². The number of anilines is 2. The maximum absolute atomic E-state index is 14.4. The lowest BCUT2D eigenvalue weighted by atomic mass is 9.80. The fraction of sp³-hybridized carbons (Fsp3) is 0.370. The smallest absolute Gasteiger partial charge is 0.364 e. The van der Waals surface area contributed by atoms with Gasteiger partial charge in [0.2, 0.25) is 5.95 Å². The molecule has 4 heterocycles. The topological polar surface area (TPSA) is 114 Å². The molecule has 1 aliphatic heterocycles. The van der Waals surface area contributed by atoms with Crippen molar-refractivity contribution in [3.05, 3.63) is 72.0 Å². The minimum atomic E-state index is -4.69. The molecule has 5 rings (SSSR count). The molecule has 1 amide bonds. The number of rotatable bonds is 7. The van der Waals surface area contributed by atoms with Crippen molar-refractivity contribution in [1.82, 2.24) is 35.1 Å². The summed E-state index contributed by atoms with van der Waals surface area (Å²) in [7, 11) is 2.04. The van der Waals surface area contributed by atoms with E-state index in [2.05, 4.69) is 35.8 Å². The zero-order valence-electron chi connectivity index (χ0n) is 22.4. The van der Waals surface area contributed by atoms with Crippen molar-refractivity contribution in [2.45, 2.75) is 39.0 Å². The molecule has 1 fully saturated rings. The predicted molar refractivity (Wildman–Crippen MR) is 141 cm³/mol. The number of amides is 1. The van der Waals surface area contributed by atoms with E-state index in [0.29, 0.717) is 17.4 Å². The van der Waals surface area contributed by atoms with Gasteiger partial charge in [0.15, 0.2) is 5.69 Å². The van der Waals surface area contributed by atoms with Crippen LogP contribution in [0.3, 0.4) is 0 Å². The Hall–Kier alpha value is -4.26. The van der Waals surface area contributed by atoms with E-state index in [9.17, 15) is 18.0 Å². The molecule has 1 atom stereocenters. The van der Waals surface area contributed by atoms with E-state index < -0.39 is 29.1 Å². The summed E-state index contributed by atoms with van der Waals surface area (Å²) < 4.78 is 49.8. The number of carbonyl (C=O) groups is 1. The minimum Gasteiger partial charge on any atom is -0.364 e. The molecule has 0 spiro atoms. The van der Waals surface area contributed by atoms with Crippen LogP contribution < -0.4 is 10.6 Å². The zero-order valence-corrected chi connectivity index (χ0v) is 22.4. The van der Waals surface area contributed by atoms with Gasteiger partial charge in [0.05, 0.1) is 35.2 Å². The number of halogens is 3. The molecule has 13 heteroatoms. The van der Waals surface area contributed by atoms with E-state index in [-0.39, 0.29) is 22.8 Å². The lowest BCUT2D eigenvalue weighted by Crippen LogP contribution is -2.45. The Bertz CT molecular complexity index is 1490. The first kappa shape index (κ1) is 27.3. The van der Waals surface area contributed by atoms with Crippen molar-refractivity contribution in [3.8, 4) is 11.3 Å². The Morgan fingerprint density at radius 2 is 1.93 bits per heavy atom. The van der Waals surface area contributed by atoms with Gasteiger partial charge in [-0.05, 0) is 30.2 Å². The van der Waals surface area contributed by atoms with Crippen LogP contribution in [0.2, 0.25) is 0 Å². The second-order valence-electron chi connectivity index (χ2n) is 10.9. The van der Waals surface area contributed by atoms with E-state index in [1.54, 1.807) is 39.1 Å². The Labute approximate surface area is 228 Å². The van der Waals surface area contributed by atoms with Crippen LogP contribution in [0.1, 0.15) is 54.5 Å². The molecule has 40 heavy (non-hydrogen) atoms. The fourth-order valence-electron chi connectivity index (χ4n) is 4.65. The molecule has 1 unspecified atom stereocenters. The van der Waals surface area contributed by atoms with Crippen molar-refractivity contribution in [1.29, 1.82) is 0 Å². The molecule has 3 aromatic heterocycles. The van der Waals surface area contributed by atoms with Crippen molar-refractivity contribution in [2.75, 3.05) is 25.5 Å². The van der Waals surface area contributed by atoms with Gasteiger partial charge in [0.1, 0.15) is 6.26 Å². The molecule has 1 aliphatic rings. The first-order valence-corrected chi connectivity index (χ1v) is 12.6. The molecule has 1 saturated heterocycles. The third-order valence-corrected chi connectivity index (χ3v) is 6.71. The first-order chi connectivity index (χ1) is 18.9. The molecule has 0 radical (unpaired) electrons. The van der Waals surface area contributed by atoms with E-state index in [1.165, 1.54) is 24.6 Å². The van der Waals surface area contributed by atoms with Crippen LogP contribution >= 0.6 is 0 Å². The van der Waals surface area contributed by atoms with Crippen LogP contribution in [0.15, 0.2) is 59.7 Å². The van der Waals surface area contributed by atoms with E-state index >= 15 is 0 Å². The first-order valence-electron chi connectivity index (χ1n) is 12.6. The summed E-state index contributed by atoms with van der Waals surface area (Å²) in [5.41, 5.74) is -0.481. The van der Waals surface area contributed by atoms with Crippen LogP contribution in [0.4, 0.5) is 24.8 Å². The van der Waals surface area contributed by atoms with Crippen molar-refractivity contribution in [3.63, 3.8) is 0 Å². The normalized spacial score (nSPS) is 15.5. The number of carbonyl (C=O) groups excluding carboxylic acids is 1. The van der Waals surface area contributed by atoms with E-state index in [0.717, 1.165) is 19.2 Å². The summed E-state index contributed by atoms with van der Waals surface area (Å²) in [6.45, 7) is 7.07. The SMILES string of the molecule is CN1CC(n2cc(Nc3nccc(-c4ccc(C(NC(=O)c5ccon5)C(C)(C)C)c(C(F)(F)F)c4)n3)cn2)C1. The molecule has 4 aromatic rings. The van der Waals surface area contributed by atoms with Gasteiger partial charge in [0, 0.05) is 37.1 Å². The third kappa shape index (κ3) is 5.83. The van der Waals surface area contributed by atoms with Crippen molar-refractivity contribution in [2.24, 2.45) is 5.41 Å². The number of hydrogen-bond donors (Lipinski definition) is 2. The largest absolute Gasteiger partial charge is 0.416 e. The van der Waals surface area contributed by atoms with E-state index in [4.69, 9.17) is 4.52 Å². The van der Waals surface area contributed by atoms with E-state index in [1.807, 2.05) is 17.9 Å². The Morgan fingerprint density at radius 3 is 2.58 bits per heavy atom. The second-order valence-corrected chi connectivity index (χ2v) is 10.9. The number of alkyl halides is 3. The number of nitrogens with zero attached hydrogens (tertiary/aromatic N) is 6. The van der Waals surface area contributed by atoms with Crippen molar-refractivity contribution >= 4 is 17.5 Å². The van der Waals surface area contributed by atoms with Gasteiger partial charge in [-0.15, -0.1) is 0 Å². The summed E-state index contributed by atoms with van der Waals surface area (Å²) in [6.07, 6.45) is 1.52. The number of likely N-dealkylation sites (N-methyl/N-ethyl adjacent to an activating group) is 1. The van der Waals surface area contributed by atoms with Crippen LogP contribution in [-0.4, -0.2) is 55.8 Å². The molecule has 2 N–H and O–H groups in total. The molecule has 0 saturated carbocycles. The monoisotopic (exact) mass is 554 g/mol. The maximum atomic E-state index is 14.4. The summed E-state index contributed by atoms with van der Waals surface area (Å²) in [5.74, 6) is -0.405. The molecule has 210 valence electrons. The molecule has 1 aromatic carbocycles. The van der Waals surface area contributed by atoms with Gasteiger partial charge in [-0.1, -0.05) is 38.1 Å². The molecular weight excluding hydrogens is 525 g/mol. The fourth-order valence-corrected chi connectivity index (χ4v) is 4.65. The van der Waals surface area contributed by atoms with Gasteiger partial charge >= 0.3 is 6.18 Å². The molecular formula is C27H29F3N8O2. The van der Waals surface area contributed by atoms with Crippen LogP contribution in [0.25, 0.3) is 11.3 Å². The highest BCUT2D eigenvalue weighted by atomic mass is 19.4. The molecule has 10 nitrogen and oxygen atoms in total. The summed E-state index contributed by atoms with van der Waals surface area (Å²) in [4.78, 5) is 23.5. The Morgan fingerprint density at radius 1 is 1.15 bits per heavy atom. The lowest BCUT2D eigenvalue weighted by molar-refractivity contribution is -0.138. The van der Waals surface area contributed by atoms with Crippen molar-refractivity contribution < 1.29 is 22.5 Å². The highest BCUT2D eigenvalue weighted by Crippen LogP contribution is 2.42. The summed E-state index contributed by atoms with van der Waals surface area (Å²) >= 11 is 0. The number of nitrogens with one attached hydrogen (secondary N) is 2. The van der Waals surface area contributed by atoms with Gasteiger partial charge < -0.3 is 20.1 Å². The Kier molecular flexibility index (Phi) is 7.08. The lowest BCUT2D eigenvalue weighted by Gasteiger charge is -2.36. The number of benzene rings is 1. The van der Waals surface area contributed by atoms with Crippen LogP contribution in [0, 0.1) is 5.41 Å². The average Bonchev–Trinajstić information content (AvgIpc) is 3.57. The van der Waals surface area contributed by atoms with Crippen LogP contribution in [0.5, 0.6) is 0 Å². The maximum Gasteiger partial charge on any atom is 0.416 e. The Balaban J connectivity index is 1.43. The highest BCUT2D eigenvalue weighted by molar-refractivity contribution is 5.92. The van der Waals surface area contributed by atoms with Gasteiger partial charge in [-0.25, -0.2) is 9.97 Å². The summed E-state index contributed by atoms with van der Waals surface area (Å²) in [6, 6.07) is 6.20. The zero-order chi connectivity index (χ0) is 28.7. The second kappa shape index (κ2) is 10.4. The average molecular weight is 555 g/mol. The van der Waals surface area contributed by atoms with Gasteiger partial charge in [0.25, 0.3) is 5.91 Å². The quantitative estimate of drug-likeness (QED) is 0.325. The minimum absolute atomic E-state index is 0.0222. The van der Waals surface area contributed by atoms with Gasteiger partial charge in [-0.3, -0.25) is 9.48 Å². The number of aromatic nitrogens is 5. The number of hydrogen-bond acceptors (Lipinski definition) is 8. The standard InChI is InChI=1S/C27H29F3N8O2/c1-26(2,3)23(35-24(39)22-8-10-40-36-22)19-6-5-16(11-20(19)27(28,29)30)21-7-9-31-25(34-21)33-17-12-32-38(13-17)18-14-37(4)15-18/h5-13,18,23H,14-15H2,1-4H3,(H,35,39)(H,31,33,34). The predicted octanol–water partition coefficient (Wildman–Crippen LogP) is 5.09. The summed E-state index contributed by atoms with van der Waals surface area (Å²) in [5, 5.41) is 13.7. The van der Waals surface area contributed by atoms with Crippen LogP contribution in [-0.2, 0) is 6.18 Å². The molecule has 0 aliphatic carbocycles.